The van der Waals surface area contributed by atoms with E-state index in [1.807, 2.05) is 0 Å². The van der Waals surface area contributed by atoms with Crippen LogP contribution in [0.3, 0.4) is 0 Å². The number of alkyl halides is 6. The fraction of sp³-hybridized carbons (Fsp3) is 0.182. The molecule has 0 radical (unpaired) electrons. The number of aromatic nitrogens is 3. The molecule has 0 atom stereocenters. The number of thiazole rings is 1. The lowest BCUT2D eigenvalue weighted by Gasteiger charge is -2.11. The summed E-state index contributed by atoms with van der Waals surface area (Å²) >= 11 is 1.04. The first kappa shape index (κ1) is 24.0. The van der Waals surface area contributed by atoms with Crippen molar-refractivity contribution in [1.29, 1.82) is 10.5 Å². The van der Waals surface area contributed by atoms with Crippen LogP contribution in [0.15, 0.2) is 42.5 Å². The molecule has 0 saturated carbocycles. The summed E-state index contributed by atoms with van der Waals surface area (Å²) in [6.45, 7) is -0.597. The Balaban J connectivity index is 1.60. The summed E-state index contributed by atoms with van der Waals surface area (Å²) in [7, 11) is 0. The average Bonchev–Trinajstić information content (AvgIpc) is 3.36. The Hall–Kier alpha value is -4.10. The van der Waals surface area contributed by atoms with Crippen LogP contribution >= 0.6 is 11.3 Å². The average molecular weight is 507 g/mol. The Morgan fingerprint density at radius 3 is 2.26 bits per heavy atom. The fourth-order valence-corrected chi connectivity index (χ4v) is 4.04. The summed E-state index contributed by atoms with van der Waals surface area (Å²) in [6, 6.07) is 12.5. The van der Waals surface area contributed by atoms with Crippen LogP contribution in [-0.4, -0.2) is 20.7 Å². The molecule has 0 aliphatic rings. The summed E-state index contributed by atoms with van der Waals surface area (Å²) < 4.78 is 84.1. The maximum atomic E-state index is 12.9. The molecule has 0 bridgehead atoms. The van der Waals surface area contributed by atoms with Gasteiger partial charge in [0.1, 0.15) is 23.7 Å². The van der Waals surface area contributed by atoms with Gasteiger partial charge in [0.05, 0.1) is 22.2 Å². The zero-order valence-electron chi connectivity index (χ0n) is 17.3. The van der Waals surface area contributed by atoms with Gasteiger partial charge in [-0.1, -0.05) is 11.3 Å². The molecule has 0 unspecified atom stereocenters. The third kappa shape index (κ3) is 5.20. The normalized spacial score (nSPS) is 11.9. The molecule has 4 aromatic rings. The van der Waals surface area contributed by atoms with Gasteiger partial charge in [-0.25, -0.2) is 9.97 Å². The highest BCUT2D eigenvalue weighted by molar-refractivity contribution is 7.20. The van der Waals surface area contributed by atoms with Gasteiger partial charge >= 0.3 is 12.4 Å². The van der Waals surface area contributed by atoms with Gasteiger partial charge in [0.25, 0.3) is 5.19 Å². The number of nitrogens with zero attached hydrogens (tertiary/aromatic N) is 5. The lowest BCUT2D eigenvalue weighted by molar-refractivity contribution is -0.138. The van der Waals surface area contributed by atoms with Crippen molar-refractivity contribution in [3.05, 3.63) is 59.4 Å². The predicted octanol–water partition coefficient (Wildman–Crippen LogP) is 6.67. The van der Waals surface area contributed by atoms with Crippen molar-refractivity contribution in [1.82, 2.24) is 14.5 Å². The molecule has 35 heavy (non-hydrogen) atoms. The third-order valence-electron chi connectivity index (χ3n) is 4.81. The molecule has 0 fully saturated rings. The molecule has 2 heterocycles. The summed E-state index contributed by atoms with van der Waals surface area (Å²) in [6.07, 6.45) is -10.2. The Morgan fingerprint density at radius 2 is 1.66 bits per heavy atom. The zero-order chi connectivity index (χ0) is 25.4. The van der Waals surface area contributed by atoms with Gasteiger partial charge in [0.15, 0.2) is 11.4 Å². The van der Waals surface area contributed by atoms with Crippen LogP contribution in [0.4, 0.5) is 26.3 Å². The van der Waals surface area contributed by atoms with Crippen molar-refractivity contribution in [2.45, 2.75) is 25.3 Å². The van der Waals surface area contributed by atoms with Gasteiger partial charge in [-0.2, -0.15) is 36.9 Å². The van der Waals surface area contributed by atoms with E-state index in [0.29, 0.717) is 10.3 Å². The maximum Gasteiger partial charge on any atom is 0.416 e. The first-order valence-corrected chi connectivity index (χ1v) is 10.5. The minimum Gasteiger partial charge on any atom is -0.431 e. The molecule has 4 rings (SSSR count). The number of nitriles is 2. The number of halogens is 6. The first-order chi connectivity index (χ1) is 16.5. The third-order valence-corrected chi connectivity index (χ3v) is 5.73. The molecule has 2 aromatic carbocycles. The van der Waals surface area contributed by atoms with Gasteiger partial charge in [-0.15, -0.1) is 0 Å². The van der Waals surface area contributed by atoms with E-state index in [2.05, 4.69) is 9.97 Å². The Labute approximate surface area is 197 Å². The molecular weight excluding hydrogens is 496 g/mol. The van der Waals surface area contributed by atoms with E-state index in [0.717, 1.165) is 28.0 Å². The summed E-state index contributed by atoms with van der Waals surface area (Å²) in [4.78, 5) is 8.07. The molecule has 0 spiro atoms. The van der Waals surface area contributed by atoms with E-state index in [1.54, 1.807) is 12.1 Å². The largest absolute Gasteiger partial charge is 0.431 e. The van der Waals surface area contributed by atoms with Crippen LogP contribution in [0.2, 0.25) is 0 Å². The lowest BCUT2D eigenvalue weighted by Crippen LogP contribution is -2.14. The minimum atomic E-state index is -4.50. The molecule has 178 valence electrons. The van der Waals surface area contributed by atoms with Gasteiger partial charge in [-0.05, 0) is 42.5 Å². The zero-order valence-corrected chi connectivity index (χ0v) is 18.1. The van der Waals surface area contributed by atoms with Gasteiger partial charge in [0, 0.05) is 12.1 Å². The van der Waals surface area contributed by atoms with Crippen molar-refractivity contribution in [3.63, 3.8) is 0 Å². The SMILES string of the molecule is N#Cc1nc(-c2ccc(Oc3nc4cc(C(F)(F)F)ccc4s3)cc2)n(CCC(F)(F)F)c1C#N. The highest BCUT2D eigenvalue weighted by Gasteiger charge is 2.31. The lowest BCUT2D eigenvalue weighted by atomic mass is 10.2. The van der Waals surface area contributed by atoms with E-state index in [1.165, 1.54) is 30.3 Å². The first-order valence-electron chi connectivity index (χ1n) is 9.72. The molecule has 0 amide bonds. The van der Waals surface area contributed by atoms with E-state index >= 15 is 0 Å². The van der Waals surface area contributed by atoms with Crippen LogP contribution < -0.4 is 4.74 Å². The second-order valence-electron chi connectivity index (χ2n) is 7.16. The smallest absolute Gasteiger partial charge is 0.416 e. The predicted molar refractivity (Wildman–Crippen MR) is 112 cm³/mol. The summed E-state index contributed by atoms with van der Waals surface area (Å²) in [5, 5.41) is 18.6. The highest BCUT2D eigenvalue weighted by Crippen LogP contribution is 2.36. The molecule has 13 heteroatoms. The molecule has 0 saturated heterocycles. The number of fused-ring (bicyclic) bond motifs is 1. The summed E-state index contributed by atoms with van der Waals surface area (Å²) in [5.74, 6) is 0.270. The van der Waals surface area contributed by atoms with E-state index < -0.39 is 30.9 Å². The second-order valence-corrected chi connectivity index (χ2v) is 8.15. The van der Waals surface area contributed by atoms with Crippen LogP contribution in [-0.2, 0) is 12.7 Å². The molecule has 0 N–H and O–H groups in total. The number of ether oxygens (including phenoxy) is 1. The molecule has 0 aliphatic carbocycles. The van der Waals surface area contributed by atoms with Gasteiger partial charge in [0.2, 0.25) is 0 Å². The topological polar surface area (TPSA) is 87.5 Å². The minimum absolute atomic E-state index is 0.00793. The van der Waals surface area contributed by atoms with E-state index in [-0.39, 0.29) is 33.7 Å². The molecule has 6 nitrogen and oxygen atoms in total. The number of hydrogen-bond donors (Lipinski definition) is 0. The van der Waals surface area contributed by atoms with E-state index in [9.17, 15) is 36.9 Å². The highest BCUT2D eigenvalue weighted by atomic mass is 32.1. The number of rotatable bonds is 5. The fourth-order valence-electron chi connectivity index (χ4n) is 3.22. The standard InChI is InChI=1S/C22H11F6N5OS/c23-21(24,25)7-8-33-17(11-30)16(10-29)31-19(33)12-1-4-14(5-2-12)34-20-32-15-9-13(22(26,27)28)3-6-18(15)35-20/h1-6,9H,7-8H2. The van der Waals surface area contributed by atoms with Crippen molar-refractivity contribution in [2.24, 2.45) is 0 Å². The van der Waals surface area contributed by atoms with Gasteiger partial charge in [-0.3, -0.25) is 0 Å². The Bertz CT molecular complexity index is 1470. The molecule has 0 aliphatic heterocycles. The Morgan fingerprint density at radius 1 is 0.943 bits per heavy atom. The monoisotopic (exact) mass is 507 g/mol. The molecule has 2 aromatic heterocycles. The van der Waals surface area contributed by atoms with Crippen LogP contribution in [0.5, 0.6) is 10.9 Å². The second kappa shape index (κ2) is 8.92. The van der Waals surface area contributed by atoms with Crippen molar-refractivity contribution < 1.29 is 31.1 Å². The van der Waals surface area contributed by atoms with Crippen molar-refractivity contribution >= 4 is 21.6 Å². The van der Waals surface area contributed by atoms with Crippen molar-refractivity contribution in [2.75, 3.05) is 0 Å². The number of hydrogen-bond acceptors (Lipinski definition) is 6. The number of benzene rings is 2. The molecular formula is C22H11F6N5OS. The van der Waals surface area contributed by atoms with Crippen LogP contribution in [0.1, 0.15) is 23.4 Å². The van der Waals surface area contributed by atoms with Crippen LogP contribution in [0.25, 0.3) is 21.6 Å². The quantitative estimate of drug-likeness (QED) is 0.282. The van der Waals surface area contributed by atoms with E-state index in [4.69, 9.17) is 4.74 Å². The van der Waals surface area contributed by atoms with Gasteiger partial charge < -0.3 is 9.30 Å². The summed E-state index contributed by atoms with van der Waals surface area (Å²) in [5.41, 5.74) is -0.953. The Kier molecular flexibility index (Phi) is 6.13. The maximum absolute atomic E-state index is 12.9. The van der Waals surface area contributed by atoms with Crippen molar-refractivity contribution in [3.8, 4) is 34.5 Å². The van der Waals surface area contributed by atoms with Crippen LogP contribution in [0, 0.1) is 22.7 Å². The number of imidazole rings is 1.